The fourth-order valence-corrected chi connectivity index (χ4v) is 5.44. The van der Waals surface area contributed by atoms with Crippen LogP contribution in [0.1, 0.15) is 54.2 Å². The van der Waals surface area contributed by atoms with Gasteiger partial charge in [0.25, 0.3) is 5.56 Å². The fourth-order valence-electron chi connectivity index (χ4n) is 4.71. The molecule has 0 unspecified atom stereocenters. The summed E-state index contributed by atoms with van der Waals surface area (Å²) in [5.74, 6) is 0.662. The van der Waals surface area contributed by atoms with Crippen molar-refractivity contribution in [1.82, 2.24) is 30.1 Å². The van der Waals surface area contributed by atoms with Gasteiger partial charge < -0.3 is 4.98 Å². The average Bonchev–Trinajstić information content (AvgIpc) is 3.56. The Morgan fingerprint density at radius 2 is 1.86 bits per heavy atom. The van der Waals surface area contributed by atoms with Crippen molar-refractivity contribution in [2.24, 2.45) is 0 Å². The van der Waals surface area contributed by atoms with Crippen molar-refractivity contribution in [3.05, 3.63) is 110 Å². The standard InChI is InChI=1S/C29H32N6OS/c1-20-12-13-25-22(17-20)18-24(28(36)30-25)26(27-31-32-33-35(27)29(2,3)4)34(19-23-11-8-16-37-23)15-14-21-9-6-5-7-10-21/h5-13,16-18,26H,14-15,19H2,1-4H3,(H,30,36)/t26-/m1/s1. The summed E-state index contributed by atoms with van der Waals surface area (Å²) in [4.78, 5) is 20.3. The van der Waals surface area contributed by atoms with Crippen molar-refractivity contribution in [3.8, 4) is 0 Å². The van der Waals surface area contributed by atoms with Crippen LogP contribution in [-0.4, -0.2) is 36.6 Å². The zero-order chi connectivity index (χ0) is 26.0. The highest BCUT2D eigenvalue weighted by molar-refractivity contribution is 7.09. The maximum atomic E-state index is 13.6. The van der Waals surface area contributed by atoms with E-state index in [1.54, 1.807) is 11.3 Å². The highest BCUT2D eigenvalue weighted by Gasteiger charge is 2.33. The molecular formula is C29H32N6OS. The number of aromatic nitrogens is 5. The SMILES string of the molecule is Cc1ccc2[nH]c(=O)c([C@H](c3nnnn3C(C)(C)C)N(CCc3ccccc3)Cc3cccs3)cc2c1. The van der Waals surface area contributed by atoms with Crippen LogP contribution >= 0.6 is 11.3 Å². The van der Waals surface area contributed by atoms with Crippen molar-refractivity contribution in [2.45, 2.75) is 52.2 Å². The van der Waals surface area contributed by atoms with E-state index < -0.39 is 6.04 Å². The molecule has 0 spiro atoms. The zero-order valence-electron chi connectivity index (χ0n) is 21.7. The lowest BCUT2D eigenvalue weighted by atomic mass is 10.00. The largest absolute Gasteiger partial charge is 0.322 e. The second kappa shape index (κ2) is 10.4. The summed E-state index contributed by atoms with van der Waals surface area (Å²) in [5, 5.41) is 16.0. The number of pyridine rings is 1. The van der Waals surface area contributed by atoms with Crippen LogP contribution in [0.4, 0.5) is 0 Å². The first-order valence-electron chi connectivity index (χ1n) is 12.5. The van der Waals surface area contributed by atoms with Crippen molar-refractivity contribution < 1.29 is 0 Å². The summed E-state index contributed by atoms with van der Waals surface area (Å²) in [6, 6.07) is 22.3. The van der Waals surface area contributed by atoms with Gasteiger partial charge in [0, 0.05) is 29.0 Å². The molecule has 0 radical (unpaired) electrons. The van der Waals surface area contributed by atoms with Crippen LogP contribution in [-0.2, 0) is 18.5 Å². The van der Waals surface area contributed by atoms with Gasteiger partial charge in [-0.3, -0.25) is 9.69 Å². The molecule has 0 saturated heterocycles. The molecule has 0 aliphatic rings. The second-order valence-electron chi connectivity index (χ2n) is 10.5. The molecular weight excluding hydrogens is 480 g/mol. The molecule has 5 aromatic rings. The van der Waals surface area contributed by atoms with Crippen LogP contribution in [0.15, 0.2) is 76.9 Å². The predicted octanol–water partition coefficient (Wildman–Crippen LogP) is 5.47. The van der Waals surface area contributed by atoms with Gasteiger partial charge in [-0.2, -0.15) is 0 Å². The Bertz CT molecular complexity index is 1530. The lowest BCUT2D eigenvalue weighted by Crippen LogP contribution is -2.38. The molecule has 5 rings (SSSR count). The van der Waals surface area contributed by atoms with Gasteiger partial charge in [0.2, 0.25) is 0 Å². The van der Waals surface area contributed by atoms with Gasteiger partial charge in [0.15, 0.2) is 5.82 Å². The van der Waals surface area contributed by atoms with E-state index in [0.29, 0.717) is 17.9 Å². The Morgan fingerprint density at radius 3 is 2.59 bits per heavy atom. The minimum absolute atomic E-state index is 0.124. The van der Waals surface area contributed by atoms with Gasteiger partial charge in [0.1, 0.15) is 6.04 Å². The Balaban J connectivity index is 1.68. The number of aryl methyl sites for hydroxylation is 1. The highest BCUT2D eigenvalue weighted by atomic mass is 32.1. The first-order chi connectivity index (χ1) is 17.8. The number of H-pyrrole nitrogens is 1. The van der Waals surface area contributed by atoms with E-state index in [1.165, 1.54) is 10.4 Å². The van der Waals surface area contributed by atoms with E-state index >= 15 is 0 Å². The molecule has 0 aliphatic heterocycles. The Morgan fingerprint density at radius 1 is 1.05 bits per heavy atom. The molecule has 3 heterocycles. The van der Waals surface area contributed by atoms with Crippen LogP contribution in [0.2, 0.25) is 0 Å². The summed E-state index contributed by atoms with van der Waals surface area (Å²) in [6.45, 7) is 9.69. The van der Waals surface area contributed by atoms with E-state index in [9.17, 15) is 4.79 Å². The van der Waals surface area contributed by atoms with Gasteiger partial charge in [-0.15, -0.1) is 16.4 Å². The number of fused-ring (bicyclic) bond motifs is 1. The molecule has 2 aromatic carbocycles. The van der Waals surface area contributed by atoms with Crippen molar-refractivity contribution in [2.75, 3.05) is 6.54 Å². The normalized spacial score (nSPS) is 12.9. The van der Waals surface area contributed by atoms with Crippen molar-refractivity contribution >= 4 is 22.2 Å². The summed E-state index contributed by atoms with van der Waals surface area (Å²) in [6.07, 6.45) is 0.838. The number of nitrogens with one attached hydrogen (secondary N) is 1. The Labute approximate surface area is 220 Å². The zero-order valence-corrected chi connectivity index (χ0v) is 22.5. The molecule has 0 fully saturated rings. The number of tetrazole rings is 1. The molecule has 37 heavy (non-hydrogen) atoms. The van der Waals surface area contributed by atoms with E-state index in [1.807, 2.05) is 28.9 Å². The Kier molecular flexibility index (Phi) is 7.04. The van der Waals surface area contributed by atoms with Gasteiger partial charge in [0.05, 0.1) is 5.54 Å². The predicted molar refractivity (Wildman–Crippen MR) is 149 cm³/mol. The minimum Gasteiger partial charge on any atom is -0.322 e. The van der Waals surface area contributed by atoms with E-state index in [0.717, 1.165) is 29.4 Å². The smallest absolute Gasteiger partial charge is 0.253 e. The molecule has 190 valence electrons. The maximum Gasteiger partial charge on any atom is 0.253 e. The number of rotatable bonds is 8. The van der Waals surface area contributed by atoms with Crippen LogP contribution in [0.5, 0.6) is 0 Å². The van der Waals surface area contributed by atoms with Crippen molar-refractivity contribution in [3.63, 3.8) is 0 Å². The number of thiophene rings is 1. The third-order valence-corrected chi connectivity index (χ3v) is 7.39. The number of nitrogens with zero attached hydrogens (tertiary/aromatic N) is 5. The summed E-state index contributed by atoms with van der Waals surface area (Å²) in [5.41, 5.74) is 3.37. The van der Waals surface area contributed by atoms with E-state index in [-0.39, 0.29) is 11.1 Å². The molecule has 1 atom stereocenters. The quantitative estimate of drug-likeness (QED) is 0.298. The average molecular weight is 513 g/mol. The van der Waals surface area contributed by atoms with Crippen LogP contribution in [0.25, 0.3) is 10.9 Å². The lowest BCUT2D eigenvalue weighted by Gasteiger charge is -2.32. The van der Waals surface area contributed by atoms with Crippen LogP contribution in [0.3, 0.4) is 0 Å². The fraction of sp³-hybridized carbons (Fsp3) is 0.310. The molecule has 7 nitrogen and oxygen atoms in total. The molecule has 0 saturated carbocycles. The van der Waals surface area contributed by atoms with E-state index in [2.05, 4.69) is 101 Å². The first-order valence-corrected chi connectivity index (χ1v) is 13.4. The van der Waals surface area contributed by atoms with Crippen molar-refractivity contribution in [1.29, 1.82) is 0 Å². The molecule has 0 aliphatic carbocycles. The highest BCUT2D eigenvalue weighted by Crippen LogP contribution is 2.31. The lowest BCUT2D eigenvalue weighted by molar-refractivity contribution is 0.196. The topological polar surface area (TPSA) is 79.7 Å². The summed E-state index contributed by atoms with van der Waals surface area (Å²) >= 11 is 1.72. The number of aromatic amines is 1. The monoisotopic (exact) mass is 512 g/mol. The van der Waals surface area contributed by atoms with Gasteiger partial charge in [-0.05, 0) is 85.1 Å². The molecule has 3 aromatic heterocycles. The van der Waals surface area contributed by atoms with Crippen LogP contribution in [0, 0.1) is 6.92 Å². The molecule has 0 bridgehead atoms. The number of hydrogen-bond acceptors (Lipinski definition) is 6. The number of hydrogen-bond donors (Lipinski definition) is 1. The van der Waals surface area contributed by atoms with E-state index in [4.69, 9.17) is 0 Å². The number of benzene rings is 2. The van der Waals surface area contributed by atoms with Gasteiger partial charge in [-0.25, -0.2) is 4.68 Å². The third-order valence-electron chi connectivity index (χ3n) is 6.53. The molecule has 0 amide bonds. The first kappa shape index (κ1) is 25.0. The molecule has 8 heteroatoms. The Hall–Kier alpha value is -3.62. The van der Waals surface area contributed by atoms with Crippen LogP contribution < -0.4 is 5.56 Å². The maximum absolute atomic E-state index is 13.6. The summed E-state index contributed by atoms with van der Waals surface area (Å²) in [7, 11) is 0. The molecule has 1 N–H and O–H groups in total. The van der Waals surface area contributed by atoms with Gasteiger partial charge >= 0.3 is 0 Å². The third kappa shape index (κ3) is 5.55. The van der Waals surface area contributed by atoms with Gasteiger partial charge in [-0.1, -0.05) is 48.0 Å². The summed E-state index contributed by atoms with van der Waals surface area (Å²) < 4.78 is 1.85. The minimum atomic E-state index is -0.436. The second-order valence-corrected chi connectivity index (χ2v) is 11.5.